The van der Waals surface area contributed by atoms with E-state index in [-0.39, 0.29) is 0 Å². The fourth-order valence-electron chi connectivity index (χ4n) is 15.9. The lowest BCUT2D eigenvalue weighted by Crippen LogP contribution is -2.28. The van der Waals surface area contributed by atoms with Gasteiger partial charge in [-0.25, -0.2) is 0 Å². The second-order valence-electron chi connectivity index (χ2n) is 23.8. The highest BCUT2D eigenvalue weighted by atomic mass is 15.1. The Balaban J connectivity index is 0.780. The summed E-state index contributed by atoms with van der Waals surface area (Å²) in [6.45, 7) is 0. The van der Waals surface area contributed by atoms with Crippen molar-refractivity contribution in [2.75, 3.05) is 4.90 Å². The minimum atomic E-state index is -0.509. The number of hydrogen-bond acceptors (Lipinski definition) is 1. The van der Waals surface area contributed by atoms with Gasteiger partial charge in [-0.3, -0.25) is 0 Å². The second-order valence-corrected chi connectivity index (χ2v) is 23.8. The Labute approximate surface area is 512 Å². The summed E-state index contributed by atoms with van der Waals surface area (Å²) in [5.74, 6) is 0. The molecular weight excluding hydrogens is 1060 g/mol. The normalized spacial score (nSPS) is 13.4. The summed E-state index contributed by atoms with van der Waals surface area (Å²) in [7, 11) is 0. The van der Waals surface area contributed by atoms with Crippen molar-refractivity contribution in [3.8, 4) is 72.4 Å². The first-order chi connectivity index (χ1) is 43.7. The zero-order valence-electron chi connectivity index (χ0n) is 48.2. The molecule has 410 valence electrons. The van der Waals surface area contributed by atoms with Crippen LogP contribution in [0, 0.1) is 0 Å². The van der Waals surface area contributed by atoms with Crippen molar-refractivity contribution in [3.05, 3.63) is 384 Å². The maximum atomic E-state index is 2.53. The largest absolute Gasteiger partial charge is 0.310 e. The van der Waals surface area contributed by atoms with Crippen molar-refractivity contribution in [1.82, 2.24) is 4.57 Å². The minimum absolute atomic E-state index is 0.478. The Morgan fingerprint density at radius 3 is 1.33 bits per heavy atom. The molecule has 0 saturated heterocycles. The quantitative estimate of drug-likeness (QED) is 0.140. The van der Waals surface area contributed by atoms with Crippen molar-refractivity contribution < 1.29 is 0 Å². The monoisotopic (exact) mass is 1120 g/mol. The topological polar surface area (TPSA) is 8.17 Å². The van der Waals surface area contributed by atoms with E-state index in [2.05, 4.69) is 349 Å². The molecule has 3 aliphatic rings. The molecule has 0 radical (unpaired) electrons. The fraction of sp³-hybridized carbons (Fsp3) is 0.0233. The summed E-state index contributed by atoms with van der Waals surface area (Å²) in [6, 6.07) is 127. The van der Waals surface area contributed by atoms with E-state index in [0.717, 1.165) is 39.3 Å². The maximum Gasteiger partial charge on any atom is 0.0726 e. The lowest BCUT2D eigenvalue weighted by molar-refractivity contribution is 0.768. The van der Waals surface area contributed by atoms with E-state index in [0.29, 0.717) is 0 Å². The van der Waals surface area contributed by atoms with Gasteiger partial charge >= 0.3 is 0 Å². The van der Waals surface area contributed by atoms with Crippen molar-refractivity contribution in [3.63, 3.8) is 0 Å². The smallest absolute Gasteiger partial charge is 0.0726 e. The van der Waals surface area contributed by atoms with Crippen LogP contribution < -0.4 is 4.90 Å². The van der Waals surface area contributed by atoms with Crippen LogP contribution >= 0.6 is 0 Å². The lowest BCUT2D eigenvalue weighted by Gasteiger charge is -2.34. The fourth-order valence-corrected chi connectivity index (χ4v) is 15.9. The molecule has 0 unspecified atom stereocenters. The van der Waals surface area contributed by atoms with Gasteiger partial charge in [0.05, 0.1) is 33.2 Å². The Bertz CT molecular complexity index is 5150. The standard InChI is InChI=1S/C86H56N2/c1-4-23-57(24-5-1)58-47-50-64(51-48-58)87(65-52-54-70-69-32-12-18-37-76(69)86(79(70)56-65)74-35-16-10-30-67(74)68-31-11-17-36-75(68)86)80-40-20-14-29-66(80)60-45-43-59(44-46-60)61-49-53-72-71-33-15-21-41-81(71)88(83(72)55-61)82-42-22-39-78-84(82)73-34-13-19-38-77(73)85(78,62-25-6-2-7-26-62)63-27-8-3-9-28-63/h1-56H. The van der Waals surface area contributed by atoms with Crippen LogP contribution in [0.4, 0.5) is 17.1 Å². The van der Waals surface area contributed by atoms with Gasteiger partial charge in [-0.15, -0.1) is 0 Å². The van der Waals surface area contributed by atoms with Gasteiger partial charge in [-0.05, 0) is 149 Å². The third kappa shape index (κ3) is 7.12. The summed E-state index contributed by atoms with van der Waals surface area (Å²) in [4.78, 5) is 2.48. The number of nitrogens with zero attached hydrogens (tertiary/aromatic N) is 2. The average Bonchev–Trinajstić information content (AvgIpc) is 1.54. The van der Waals surface area contributed by atoms with Gasteiger partial charge in [0.1, 0.15) is 0 Å². The number of anilines is 3. The zero-order chi connectivity index (χ0) is 57.9. The second kappa shape index (κ2) is 19.6. The number of para-hydroxylation sites is 2. The number of fused-ring (bicyclic) bond motifs is 16. The molecule has 14 aromatic carbocycles. The molecule has 0 amide bonds. The van der Waals surface area contributed by atoms with E-state index in [9.17, 15) is 0 Å². The molecule has 0 fully saturated rings. The Morgan fingerprint density at radius 2 is 0.682 bits per heavy atom. The van der Waals surface area contributed by atoms with E-state index in [1.54, 1.807) is 0 Å². The predicted molar refractivity (Wildman–Crippen MR) is 365 cm³/mol. The van der Waals surface area contributed by atoms with E-state index in [4.69, 9.17) is 0 Å². The highest BCUT2D eigenvalue weighted by Gasteiger charge is 2.52. The molecule has 0 saturated carbocycles. The van der Waals surface area contributed by atoms with Crippen LogP contribution in [0.5, 0.6) is 0 Å². The molecule has 0 N–H and O–H groups in total. The summed E-state index contributed by atoms with van der Waals surface area (Å²) in [5, 5.41) is 2.46. The molecule has 18 rings (SSSR count). The van der Waals surface area contributed by atoms with Crippen LogP contribution in [0.1, 0.15) is 44.5 Å². The SMILES string of the molecule is c1ccc(-c2ccc(N(c3ccc4c(c3)C3(c5ccccc5-c5ccccc53)c3ccccc3-4)c3ccccc3-c3ccc(-c4ccc5c6ccccc6n(-c6cccc7c6-c6ccccc6C7(c6ccccc6)c6ccccc6)c5c4)cc3)cc2)cc1. The van der Waals surface area contributed by atoms with Crippen molar-refractivity contribution in [1.29, 1.82) is 0 Å². The number of aromatic nitrogens is 1. The van der Waals surface area contributed by atoms with Crippen molar-refractivity contribution in [2.45, 2.75) is 10.8 Å². The Kier molecular flexibility index (Phi) is 11.2. The van der Waals surface area contributed by atoms with Crippen LogP contribution in [0.25, 0.3) is 94.3 Å². The molecule has 0 atom stereocenters. The molecule has 0 aliphatic heterocycles. The first-order valence-electron chi connectivity index (χ1n) is 30.7. The third-order valence-corrected chi connectivity index (χ3v) is 19.5. The predicted octanol–water partition coefficient (Wildman–Crippen LogP) is 22.0. The summed E-state index contributed by atoms with van der Waals surface area (Å²) in [5.41, 5.74) is 30.9. The minimum Gasteiger partial charge on any atom is -0.310 e. The van der Waals surface area contributed by atoms with E-state index in [1.165, 1.54) is 117 Å². The molecule has 15 aromatic rings. The van der Waals surface area contributed by atoms with Gasteiger partial charge in [0.25, 0.3) is 0 Å². The van der Waals surface area contributed by atoms with Gasteiger partial charge in [-0.1, -0.05) is 291 Å². The Morgan fingerprint density at radius 1 is 0.239 bits per heavy atom. The van der Waals surface area contributed by atoms with E-state index in [1.807, 2.05) is 0 Å². The highest BCUT2D eigenvalue weighted by Crippen LogP contribution is 2.64. The third-order valence-electron chi connectivity index (χ3n) is 19.5. The van der Waals surface area contributed by atoms with Gasteiger partial charge in [0.15, 0.2) is 0 Å². The maximum absolute atomic E-state index is 2.53. The van der Waals surface area contributed by atoms with Crippen molar-refractivity contribution in [2.24, 2.45) is 0 Å². The molecule has 0 bridgehead atoms. The van der Waals surface area contributed by atoms with E-state index >= 15 is 0 Å². The zero-order valence-corrected chi connectivity index (χ0v) is 48.2. The highest BCUT2D eigenvalue weighted by molar-refractivity contribution is 6.11. The van der Waals surface area contributed by atoms with Gasteiger partial charge in [0.2, 0.25) is 0 Å². The first kappa shape index (κ1) is 50.0. The van der Waals surface area contributed by atoms with Crippen LogP contribution in [-0.2, 0) is 10.8 Å². The Hall–Kier alpha value is -11.3. The number of rotatable bonds is 9. The first-order valence-corrected chi connectivity index (χ1v) is 30.7. The lowest BCUT2D eigenvalue weighted by atomic mass is 9.68. The molecule has 1 heterocycles. The molecule has 2 heteroatoms. The van der Waals surface area contributed by atoms with Gasteiger partial charge in [-0.2, -0.15) is 0 Å². The molecular formula is C86H56N2. The number of benzene rings is 14. The van der Waals surface area contributed by atoms with Crippen molar-refractivity contribution >= 4 is 38.9 Å². The summed E-state index contributed by atoms with van der Waals surface area (Å²) < 4.78 is 2.53. The molecule has 88 heavy (non-hydrogen) atoms. The van der Waals surface area contributed by atoms with Crippen LogP contribution in [0.3, 0.4) is 0 Å². The molecule has 1 aromatic heterocycles. The molecule has 3 aliphatic carbocycles. The van der Waals surface area contributed by atoms with Crippen LogP contribution in [-0.4, -0.2) is 4.57 Å². The molecule has 1 spiro atoms. The van der Waals surface area contributed by atoms with Crippen LogP contribution in [0.2, 0.25) is 0 Å². The van der Waals surface area contributed by atoms with E-state index < -0.39 is 10.8 Å². The van der Waals surface area contributed by atoms with Gasteiger partial charge < -0.3 is 9.47 Å². The number of hydrogen-bond donors (Lipinski definition) is 0. The summed E-state index contributed by atoms with van der Waals surface area (Å²) >= 11 is 0. The van der Waals surface area contributed by atoms with Gasteiger partial charge in [0, 0.05) is 33.3 Å². The van der Waals surface area contributed by atoms with Crippen LogP contribution in [0.15, 0.2) is 340 Å². The average molecular weight is 1120 g/mol. The summed E-state index contributed by atoms with van der Waals surface area (Å²) in [6.07, 6.45) is 0. The molecule has 2 nitrogen and oxygen atoms in total.